The Hall–Kier alpha value is -3.92. The van der Waals surface area contributed by atoms with Crippen LogP contribution in [0.3, 0.4) is 0 Å². The Bertz CT molecular complexity index is 1360. The zero-order valence-electron chi connectivity index (χ0n) is 16.0. The molecule has 160 valence electrons. The average molecular weight is 455 g/mol. The fourth-order valence-corrected chi connectivity index (χ4v) is 3.67. The maximum absolute atomic E-state index is 12.2. The number of alkyl halides is 3. The van der Waals surface area contributed by atoms with Crippen molar-refractivity contribution in [1.29, 1.82) is 0 Å². The zero-order valence-corrected chi connectivity index (χ0v) is 16.9. The van der Waals surface area contributed by atoms with E-state index in [1.807, 2.05) is 17.5 Å². The molecule has 0 aliphatic carbocycles. The summed E-state index contributed by atoms with van der Waals surface area (Å²) in [7, 11) is 0. The van der Waals surface area contributed by atoms with Gasteiger partial charge in [-0.3, -0.25) is 0 Å². The number of pyridine rings is 1. The second-order valence-electron chi connectivity index (χ2n) is 6.61. The molecule has 32 heavy (non-hydrogen) atoms. The van der Waals surface area contributed by atoms with Crippen molar-refractivity contribution >= 4 is 21.6 Å². The van der Waals surface area contributed by atoms with Gasteiger partial charge in [0.15, 0.2) is 0 Å². The third-order valence-corrected chi connectivity index (χ3v) is 5.22. The van der Waals surface area contributed by atoms with Crippen molar-refractivity contribution in [3.05, 3.63) is 72.2 Å². The molecule has 0 unspecified atom stereocenters. The maximum Gasteiger partial charge on any atom is 0.573 e. The van der Waals surface area contributed by atoms with Crippen LogP contribution in [0.15, 0.2) is 76.8 Å². The Morgan fingerprint density at radius 2 is 1.53 bits per heavy atom. The Morgan fingerprint density at radius 3 is 2.25 bits per heavy atom. The monoisotopic (exact) mass is 455 g/mol. The van der Waals surface area contributed by atoms with Crippen molar-refractivity contribution in [3.63, 3.8) is 0 Å². The van der Waals surface area contributed by atoms with Gasteiger partial charge in [0.05, 0.1) is 0 Å². The van der Waals surface area contributed by atoms with E-state index >= 15 is 0 Å². The van der Waals surface area contributed by atoms with Gasteiger partial charge < -0.3 is 14.0 Å². The van der Waals surface area contributed by atoms with Gasteiger partial charge in [0.25, 0.3) is 5.89 Å². The third kappa shape index (κ3) is 4.40. The van der Waals surface area contributed by atoms with Crippen LogP contribution >= 0.6 is 11.3 Å². The van der Waals surface area contributed by atoms with Gasteiger partial charge in [-0.1, -0.05) is 5.16 Å². The van der Waals surface area contributed by atoms with Crippen LogP contribution in [0, 0.1) is 0 Å². The van der Waals surface area contributed by atoms with Gasteiger partial charge in [0.2, 0.25) is 5.82 Å². The van der Waals surface area contributed by atoms with E-state index < -0.39 is 6.36 Å². The van der Waals surface area contributed by atoms with Crippen LogP contribution in [0.2, 0.25) is 0 Å². The van der Waals surface area contributed by atoms with Crippen LogP contribution in [0.1, 0.15) is 0 Å². The third-order valence-electron chi connectivity index (χ3n) is 4.38. The molecule has 6 nitrogen and oxygen atoms in total. The van der Waals surface area contributed by atoms with Crippen LogP contribution in [-0.4, -0.2) is 21.5 Å². The van der Waals surface area contributed by atoms with Crippen molar-refractivity contribution in [1.82, 2.24) is 15.1 Å². The van der Waals surface area contributed by atoms with Crippen LogP contribution in [0.4, 0.5) is 13.2 Å². The van der Waals surface area contributed by atoms with Crippen molar-refractivity contribution < 1.29 is 27.2 Å². The fourth-order valence-electron chi connectivity index (χ4n) is 2.95. The summed E-state index contributed by atoms with van der Waals surface area (Å²) in [5.74, 6) is 1.31. The molecular formula is C22H12F3N3O3S. The molecule has 0 aliphatic rings. The van der Waals surface area contributed by atoms with Gasteiger partial charge in [-0.05, 0) is 66.0 Å². The quantitative estimate of drug-likeness (QED) is 0.294. The molecule has 5 rings (SSSR count). The van der Waals surface area contributed by atoms with Crippen molar-refractivity contribution in [2.75, 3.05) is 0 Å². The molecule has 0 amide bonds. The predicted molar refractivity (Wildman–Crippen MR) is 112 cm³/mol. The van der Waals surface area contributed by atoms with Crippen LogP contribution in [0.25, 0.3) is 33.1 Å². The molecular weight excluding hydrogens is 443 g/mol. The lowest BCUT2D eigenvalue weighted by Crippen LogP contribution is -2.16. The standard InChI is InChI=1S/C22H12F3N3O3S/c23-22(24,25)30-18-7-5-17(6-8-18)29-16-3-1-13(2-4-16)20-27-19(28-31-20)15-11-14-9-10-32-21(14)26-12-15/h1-12H. The number of ether oxygens (including phenoxy) is 2. The Kier molecular flexibility index (Phi) is 4.98. The molecule has 0 saturated heterocycles. The smallest absolute Gasteiger partial charge is 0.457 e. The first-order chi connectivity index (χ1) is 15.4. The second-order valence-corrected chi connectivity index (χ2v) is 7.50. The average Bonchev–Trinajstić information content (AvgIpc) is 3.44. The van der Waals surface area contributed by atoms with Crippen LogP contribution < -0.4 is 9.47 Å². The predicted octanol–water partition coefficient (Wildman–Crippen LogP) is 6.70. The van der Waals surface area contributed by atoms with E-state index in [4.69, 9.17) is 9.26 Å². The molecule has 0 aliphatic heterocycles. The molecule has 0 atom stereocenters. The molecule has 0 bridgehead atoms. The molecule has 3 heterocycles. The summed E-state index contributed by atoms with van der Waals surface area (Å²) in [4.78, 5) is 9.76. The normalized spacial score (nSPS) is 11.6. The Balaban J connectivity index is 1.29. The van der Waals surface area contributed by atoms with E-state index in [0.29, 0.717) is 28.8 Å². The largest absolute Gasteiger partial charge is 0.573 e. The van der Waals surface area contributed by atoms with E-state index in [1.165, 1.54) is 24.3 Å². The first kappa shape index (κ1) is 20.0. The van der Waals surface area contributed by atoms with Gasteiger partial charge in [-0.2, -0.15) is 4.98 Å². The van der Waals surface area contributed by atoms with Crippen LogP contribution in [-0.2, 0) is 0 Å². The molecule has 0 fully saturated rings. The lowest BCUT2D eigenvalue weighted by atomic mass is 10.2. The van der Waals surface area contributed by atoms with E-state index in [-0.39, 0.29) is 5.75 Å². The fraction of sp³-hybridized carbons (Fsp3) is 0.0455. The minimum Gasteiger partial charge on any atom is -0.457 e. The zero-order chi connectivity index (χ0) is 22.1. The number of nitrogens with zero attached hydrogens (tertiary/aromatic N) is 3. The number of hydrogen-bond acceptors (Lipinski definition) is 7. The van der Waals surface area contributed by atoms with E-state index in [1.54, 1.807) is 41.8 Å². The lowest BCUT2D eigenvalue weighted by molar-refractivity contribution is -0.274. The highest BCUT2D eigenvalue weighted by Crippen LogP contribution is 2.30. The molecule has 0 radical (unpaired) electrons. The highest BCUT2D eigenvalue weighted by atomic mass is 32.1. The van der Waals surface area contributed by atoms with Gasteiger partial charge in [0.1, 0.15) is 22.1 Å². The van der Waals surface area contributed by atoms with Gasteiger partial charge in [-0.25, -0.2) is 4.98 Å². The van der Waals surface area contributed by atoms with Gasteiger partial charge in [-0.15, -0.1) is 24.5 Å². The first-order valence-corrected chi connectivity index (χ1v) is 10.1. The lowest BCUT2D eigenvalue weighted by Gasteiger charge is -2.10. The van der Waals surface area contributed by atoms with E-state index in [9.17, 15) is 13.2 Å². The molecule has 0 saturated carbocycles. The summed E-state index contributed by atoms with van der Waals surface area (Å²) in [5, 5.41) is 7.01. The molecule has 10 heteroatoms. The van der Waals surface area contributed by atoms with E-state index in [2.05, 4.69) is 19.9 Å². The number of hydrogen-bond donors (Lipinski definition) is 0. The number of thiophene rings is 1. The number of fused-ring (bicyclic) bond motifs is 1. The Labute approximate surface area is 182 Å². The summed E-state index contributed by atoms with van der Waals surface area (Å²) >= 11 is 1.56. The molecule has 0 N–H and O–H groups in total. The number of benzene rings is 2. The molecule has 0 spiro atoms. The second kappa shape index (κ2) is 7.97. The van der Waals surface area contributed by atoms with Crippen molar-refractivity contribution in [2.24, 2.45) is 0 Å². The topological polar surface area (TPSA) is 70.3 Å². The maximum atomic E-state index is 12.2. The number of halogens is 3. The van der Waals surface area contributed by atoms with Crippen LogP contribution in [0.5, 0.6) is 17.2 Å². The molecule has 3 aromatic heterocycles. The number of rotatable bonds is 5. The number of aromatic nitrogens is 3. The summed E-state index contributed by atoms with van der Waals surface area (Å²) in [6.07, 6.45) is -3.03. The SMILES string of the molecule is FC(F)(F)Oc1ccc(Oc2ccc(-c3nc(-c4cnc5sccc5c4)no3)cc2)cc1. The highest BCUT2D eigenvalue weighted by molar-refractivity contribution is 7.16. The summed E-state index contributed by atoms with van der Waals surface area (Å²) < 4.78 is 51.6. The summed E-state index contributed by atoms with van der Waals surface area (Å²) in [5.41, 5.74) is 1.44. The minimum absolute atomic E-state index is 0.319. The first-order valence-electron chi connectivity index (χ1n) is 9.24. The van der Waals surface area contributed by atoms with Gasteiger partial charge in [0, 0.05) is 22.7 Å². The minimum atomic E-state index is -4.74. The highest BCUT2D eigenvalue weighted by Gasteiger charge is 2.31. The van der Waals surface area contributed by atoms with Gasteiger partial charge >= 0.3 is 6.36 Å². The summed E-state index contributed by atoms with van der Waals surface area (Å²) in [6, 6.07) is 15.9. The molecule has 5 aromatic rings. The molecule has 2 aromatic carbocycles. The van der Waals surface area contributed by atoms with Crippen molar-refractivity contribution in [2.45, 2.75) is 6.36 Å². The summed E-state index contributed by atoms with van der Waals surface area (Å²) in [6.45, 7) is 0. The van der Waals surface area contributed by atoms with Crippen molar-refractivity contribution in [3.8, 4) is 40.1 Å². The van der Waals surface area contributed by atoms with E-state index in [0.717, 1.165) is 15.8 Å². The Morgan fingerprint density at radius 1 is 0.844 bits per heavy atom.